The van der Waals surface area contributed by atoms with Crippen LogP contribution < -0.4 is 10.6 Å². The molecular weight excluding hydrogens is 266 g/mol. The van der Waals surface area contributed by atoms with Crippen LogP contribution in [0, 0.1) is 6.92 Å². The lowest BCUT2D eigenvalue weighted by Crippen LogP contribution is -2.13. The molecule has 0 saturated carbocycles. The van der Waals surface area contributed by atoms with Crippen LogP contribution >= 0.6 is 11.3 Å². The molecule has 8 heteroatoms. The van der Waals surface area contributed by atoms with Gasteiger partial charge in [0.15, 0.2) is 0 Å². The van der Waals surface area contributed by atoms with Crippen molar-refractivity contribution in [3.05, 3.63) is 22.0 Å². The first-order valence-corrected chi connectivity index (χ1v) is 6.90. The van der Waals surface area contributed by atoms with Crippen molar-refractivity contribution >= 4 is 23.3 Å². The molecular formula is C11H13N5O2S. The summed E-state index contributed by atoms with van der Waals surface area (Å²) in [6.45, 7) is 2.80. The molecule has 1 atom stereocenters. The van der Waals surface area contributed by atoms with E-state index < -0.39 is 0 Å². The molecule has 3 heterocycles. The molecule has 0 radical (unpaired) electrons. The smallest absolute Gasteiger partial charge is 0.322 e. The van der Waals surface area contributed by atoms with Gasteiger partial charge in [0.2, 0.25) is 5.89 Å². The summed E-state index contributed by atoms with van der Waals surface area (Å²) in [7, 11) is 0. The monoisotopic (exact) mass is 279 g/mol. The number of hydrogen-bond acceptors (Lipinski definition) is 7. The Kier molecular flexibility index (Phi) is 3.26. The fraction of sp³-hybridized carbons (Fsp3) is 0.455. The lowest BCUT2D eigenvalue weighted by atomic mass is 10.2. The summed E-state index contributed by atoms with van der Waals surface area (Å²) in [5.74, 6) is 0.182. The van der Waals surface area contributed by atoms with Crippen LogP contribution in [0.25, 0.3) is 0 Å². The molecule has 2 aromatic rings. The van der Waals surface area contributed by atoms with E-state index in [1.165, 1.54) is 11.3 Å². The Morgan fingerprint density at radius 2 is 2.47 bits per heavy atom. The molecule has 0 aliphatic carbocycles. The van der Waals surface area contributed by atoms with E-state index in [-0.39, 0.29) is 18.0 Å². The molecule has 7 nitrogen and oxygen atoms in total. The zero-order valence-corrected chi connectivity index (χ0v) is 11.2. The van der Waals surface area contributed by atoms with Gasteiger partial charge in [-0.3, -0.25) is 10.1 Å². The second kappa shape index (κ2) is 5.06. The topological polar surface area (TPSA) is 92.9 Å². The SMILES string of the molecule is Cc1nc(C(=O)Nc2nnc(C3CCCN3)o2)cs1. The number of aryl methyl sites for hydroxylation is 1. The van der Waals surface area contributed by atoms with Gasteiger partial charge in [0, 0.05) is 5.38 Å². The normalized spacial score (nSPS) is 18.7. The average Bonchev–Trinajstić information content (AvgIpc) is 3.07. The van der Waals surface area contributed by atoms with Crippen molar-refractivity contribution in [3.8, 4) is 0 Å². The molecule has 3 rings (SSSR count). The number of hydrogen-bond donors (Lipinski definition) is 2. The molecule has 1 unspecified atom stereocenters. The maximum Gasteiger partial charge on any atom is 0.322 e. The number of thiazole rings is 1. The Bertz CT molecular complexity index is 587. The average molecular weight is 279 g/mol. The highest BCUT2D eigenvalue weighted by atomic mass is 32.1. The summed E-state index contributed by atoms with van der Waals surface area (Å²) >= 11 is 1.42. The first kappa shape index (κ1) is 12.2. The van der Waals surface area contributed by atoms with Crippen LogP contribution in [0.5, 0.6) is 0 Å². The minimum Gasteiger partial charge on any atom is -0.406 e. The predicted octanol–water partition coefficient (Wildman–Crippen LogP) is 1.51. The minimum absolute atomic E-state index is 0.0969. The molecule has 1 saturated heterocycles. The van der Waals surface area contributed by atoms with E-state index in [2.05, 4.69) is 25.8 Å². The fourth-order valence-corrected chi connectivity index (χ4v) is 2.54. The molecule has 1 fully saturated rings. The van der Waals surface area contributed by atoms with E-state index in [0.717, 1.165) is 24.4 Å². The zero-order valence-electron chi connectivity index (χ0n) is 10.3. The van der Waals surface area contributed by atoms with E-state index in [1.54, 1.807) is 5.38 Å². The second-order valence-electron chi connectivity index (χ2n) is 4.30. The molecule has 2 aromatic heterocycles. The Hall–Kier alpha value is -1.80. The molecule has 1 amide bonds. The summed E-state index contributed by atoms with van der Waals surface area (Å²) in [6.07, 6.45) is 2.06. The van der Waals surface area contributed by atoms with Crippen molar-refractivity contribution in [2.75, 3.05) is 11.9 Å². The lowest BCUT2D eigenvalue weighted by molar-refractivity contribution is 0.101. The number of anilines is 1. The van der Waals surface area contributed by atoms with Crippen molar-refractivity contribution in [3.63, 3.8) is 0 Å². The highest BCUT2D eigenvalue weighted by Gasteiger charge is 2.22. The number of aromatic nitrogens is 3. The van der Waals surface area contributed by atoms with Crippen molar-refractivity contribution < 1.29 is 9.21 Å². The fourth-order valence-electron chi connectivity index (χ4n) is 1.95. The molecule has 1 aliphatic rings. The molecule has 2 N–H and O–H groups in total. The van der Waals surface area contributed by atoms with Gasteiger partial charge in [-0.1, -0.05) is 5.10 Å². The van der Waals surface area contributed by atoms with E-state index in [9.17, 15) is 4.79 Å². The van der Waals surface area contributed by atoms with Gasteiger partial charge in [-0.05, 0) is 26.3 Å². The predicted molar refractivity (Wildman–Crippen MR) is 69.1 cm³/mol. The third-order valence-electron chi connectivity index (χ3n) is 2.87. The van der Waals surface area contributed by atoms with Crippen LogP contribution in [-0.4, -0.2) is 27.6 Å². The Labute approximate surface area is 113 Å². The van der Waals surface area contributed by atoms with Crippen molar-refractivity contribution in [2.24, 2.45) is 0 Å². The number of nitrogens with one attached hydrogen (secondary N) is 2. The summed E-state index contributed by atoms with van der Waals surface area (Å²) < 4.78 is 5.43. The van der Waals surface area contributed by atoms with Gasteiger partial charge in [0.1, 0.15) is 5.69 Å². The van der Waals surface area contributed by atoms with Gasteiger partial charge in [-0.15, -0.1) is 16.4 Å². The van der Waals surface area contributed by atoms with Gasteiger partial charge in [-0.25, -0.2) is 4.98 Å². The number of carbonyl (C=O) groups is 1. The van der Waals surface area contributed by atoms with Crippen LogP contribution in [0.4, 0.5) is 6.01 Å². The number of rotatable bonds is 3. The summed E-state index contributed by atoms with van der Waals surface area (Å²) in [5, 5.41) is 16.1. The maximum atomic E-state index is 11.8. The molecule has 19 heavy (non-hydrogen) atoms. The van der Waals surface area contributed by atoms with E-state index >= 15 is 0 Å². The molecule has 0 bridgehead atoms. The number of nitrogens with zero attached hydrogens (tertiary/aromatic N) is 3. The van der Waals surface area contributed by atoms with Gasteiger partial charge in [-0.2, -0.15) is 0 Å². The highest BCUT2D eigenvalue weighted by Crippen LogP contribution is 2.23. The van der Waals surface area contributed by atoms with Crippen molar-refractivity contribution in [1.29, 1.82) is 0 Å². The largest absolute Gasteiger partial charge is 0.406 e. The van der Waals surface area contributed by atoms with Crippen molar-refractivity contribution in [1.82, 2.24) is 20.5 Å². The molecule has 0 aromatic carbocycles. The summed E-state index contributed by atoms with van der Waals surface area (Å²) in [4.78, 5) is 15.9. The Morgan fingerprint density at radius 3 is 3.16 bits per heavy atom. The zero-order chi connectivity index (χ0) is 13.2. The van der Waals surface area contributed by atoms with Gasteiger partial charge >= 0.3 is 6.01 Å². The van der Waals surface area contributed by atoms with Crippen LogP contribution in [0.3, 0.4) is 0 Å². The van der Waals surface area contributed by atoms with Gasteiger partial charge in [0.05, 0.1) is 11.0 Å². The highest BCUT2D eigenvalue weighted by molar-refractivity contribution is 7.09. The minimum atomic E-state index is -0.334. The van der Waals surface area contributed by atoms with Crippen LogP contribution in [0.1, 0.15) is 40.3 Å². The summed E-state index contributed by atoms with van der Waals surface area (Å²) in [6, 6.07) is 0.207. The van der Waals surface area contributed by atoms with Crippen LogP contribution in [0.15, 0.2) is 9.80 Å². The first-order chi connectivity index (χ1) is 9.22. The third-order valence-corrected chi connectivity index (χ3v) is 3.64. The Balaban J connectivity index is 1.68. The standard InChI is InChI=1S/C11H13N5O2S/c1-6-13-8(5-19-6)9(17)14-11-16-15-10(18-11)7-3-2-4-12-7/h5,7,12H,2-4H2,1H3,(H,14,16,17). The van der Waals surface area contributed by atoms with Gasteiger partial charge < -0.3 is 9.73 Å². The summed E-state index contributed by atoms with van der Waals surface area (Å²) in [5.41, 5.74) is 0.362. The quantitative estimate of drug-likeness (QED) is 0.884. The molecule has 0 spiro atoms. The van der Waals surface area contributed by atoms with Gasteiger partial charge in [0.25, 0.3) is 5.91 Å². The second-order valence-corrected chi connectivity index (χ2v) is 5.36. The van der Waals surface area contributed by atoms with Crippen LogP contribution in [-0.2, 0) is 0 Å². The Morgan fingerprint density at radius 1 is 1.58 bits per heavy atom. The number of amides is 1. The van der Waals surface area contributed by atoms with E-state index in [1.807, 2.05) is 6.92 Å². The van der Waals surface area contributed by atoms with E-state index in [0.29, 0.717) is 11.6 Å². The lowest BCUT2D eigenvalue weighted by Gasteiger charge is -2.02. The van der Waals surface area contributed by atoms with Crippen LogP contribution in [0.2, 0.25) is 0 Å². The first-order valence-electron chi connectivity index (χ1n) is 6.02. The molecule has 100 valence electrons. The number of carbonyl (C=O) groups excluding carboxylic acids is 1. The van der Waals surface area contributed by atoms with E-state index in [4.69, 9.17) is 4.42 Å². The maximum absolute atomic E-state index is 11.8. The molecule has 1 aliphatic heterocycles. The third kappa shape index (κ3) is 2.64. The van der Waals surface area contributed by atoms with Crippen molar-refractivity contribution in [2.45, 2.75) is 25.8 Å².